The van der Waals surface area contributed by atoms with Crippen LogP contribution >= 0.6 is 0 Å². The van der Waals surface area contributed by atoms with Gasteiger partial charge in [-0.3, -0.25) is 4.79 Å². The van der Waals surface area contributed by atoms with Gasteiger partial charge in [-0.05, 0) is 0 Å². The monoisotopic (exact) mass is 187 g/mol. The Morgan fingerprint density at radius 3 is 2.46 bits per heavy atom. The van der Waals surface area contributed by atoms with Gasteiger partial charge in [0.05, 0.1) is 0 Å². The maximum atomic E-state index is 11.1. The maximum absolute atomic E-state index is 11.1. The fourth-order valence-electron chi connectivity index (χ4n) is 1.40. The molecule has 0 aromatic heterocycles. The Morgan fingerprint density at radius 1 is 1.54 bits per heavy atom. The molecule has 0 aromatic rings. The van der Waals surface area contributed by atoms with Crippen LogP contribution in [-0.2, 0) is 9.59 Å². The standard InChI is InChI=1S/C7H9NO5/c9-5(10)4-7(6(11)12)2-1-3-8(7)13/h3H,1-2,4H2,(H,9,10)(H,11,12). The summed E-state index contributed by atoms with van der Waals surface area (Å²) in [5.41, 5.74) is -1.79. The van der Waals surface area contributed by atoms with Crippen molar-refractivity contribution in [2.45, 2.75) is 24.8 Å². The summed E-state index contributed by atoms with van der Waals surface area (Å²) in [5.74, 6) is -2.66. The SMILES string of the molecule is O=C(O)CC1(C(=O)O)CCC=[N+]1[O-]. The average molecular weight is 187 g/mol. The number of rotatable bonds is 3. The predicted molar refractivity (Wildman–Crippen MR) is 41.5 cm³/mol. The molecule has 0 saturated carbocycles. The van der Waals surface area contributed by atoms with Gasteiger partial charge in [0.25, 0.3) is 5.54 Å². The predicted octanol–water partition coefficient (Wildman–Crippen LogP) is -0.341. The van der Waals surface area contributed by atoms with Gasteiger partial charge in [-0.1, -0.05) is 0 Å². The van der Waals surface area contributed by atoms with E-state index in [1.165, 1.54) is 0 Å². The molecular formula is C7H9NO5. The van der Waals surface area contributed by atoms with Gasteiger partial charge in [0, 0.05) is 12.8 Å². The van der Waals surface area contributed by atoms with E-state index in [9.17, 15) is 14.8 Å². The quantitative estimate of drug-likeness (QED) is 0.465. The lowest BCUT2D eigenvalue weighted by molar-refractivity contribution is -0.521. The summed E-state index contributed by atoms with van der Waals surface area (Å²) in [7, 11) is 0. The first kappa shape index (κ1) is 9.50. The van der Waals surface area contributed by atoms with Crippen molar-refractivity contribution in [3.63, 3.8) is 0 Å². The highest BCUT2D eigenvalue weighted by Gasteiger charge is 2.51. The molecule has 1 aliphatic rings. The summed E-state index contributed by atoms with van der Waals surface area (Å²) < 4.78 is 0.240. The van der Waals surface area contributed by atoms with Gasteiger partial charge in [-0.15, -0.1) is 0 Å². The smallest absolute Gasteiger partial charge is 0.378 e. The summed E-state index contributed by atoms with van der Waals surface area (Å²) in [6.07, 6.45) is 0.862. The van der Waals surface area contributed by atoms with E-state index in [2.05, 4.69) is 0 Å². The third-order valence-electron chi connectivity index (χ3n) is 2.12. The van der Waals surface area contributed by atoms with Gasteiger partial charge in [-0.2, -0.15) is 4.74 Å². The highest BCUT2D eigenvalue weighted by atomic mass is 16.5. The van der Waals surface area contributed by atoms with Gasteiger partial charge in [-0.25, -0.2) is 4.79 Å². The molecule has 0 spiro atoms. The molecule has 0 aromatic carbocycles. The van der Waals surface area contributed by atoms with E-state index in [0.717, 1.165) is 6.21 Å². The van der Waals surface area contributed by atoms with E-state index in [1.54, 1.807) is 0 Å². The van der Waals surface area contributed by atoms with Crippen LogP contribution in [0.1, 0.15) is 19.3 Å². The number of carbonyl (C=O) groups is 2. The normalized spacial score (nSPS) is 26.9. The number of carboxylic acids is 2. The molecule has 6 heteroatoms. The molecule has 6 nitrogen and oxygen atoms in total. The third-order valence-corrected chi connectivity index (χ3v) is 2.12. The Kier molecular flexibility index (Phi) is 2.22. The second-order valence-corrected chi connectivity index (χ2v) is 2.95. The lowest BCUT2D eigenvalue weighted by Crippen LogP contribution is -2.46. The van der Waals surface area contributed by atoms with Crippen LogP contribution in [0.15, 0.2) is 0 Å². The largest absolute Gasteiger partial charge is 0.623 e. The van der Waals surface area contributed by atoms with Crippen molar-refractivity contribution >= 4 is 18.2 Å². The highest BCUT2D eigenvalue weighted by Crippen LogP contribution is 2.26. The molecule has 1 atom stereocenters. The van der Waals surface area contributed by atoms with Crippen LogP contribution in [-0.4, -0.2) is 38.6 Å². The van der Waals surface area contributed by atoms with Crippen molar-refractivity contribution < 1.29 is 24.5 Å². The molecule has 72 valence electrons. The van der Waals surface area contributed by atoms with Crippen LogP contribution in [0.2, 0.25) is 0 Å². The van der Waals surface area contributed by atoms with Crippen molar-refractivity contribution in [2.75, 3.05) is 0 Å². The third kappa shape index (κ3) is 1.47. The molecule has 0 bridgehead atoms. The minimum absolute atomic E-state index is 0.0537. The van der Waals surface area contributed by atoms with Crippen molar-refractivity contribution in [2.24, 2.45) is 0 Å². The Labute approximate surface area is 73.7 Å². The number of hydrogen-bond donors (Lipinski definition) is 2. The Bertz CT molecular complexity index is 285. The maximum Gasteiger partial charge on any atom is 0.378 e. The van der Waals surface area contributed by atoms with Crippen LogP contribution in [0, 0.1) is 5.21 Å². The van der Waals surface area contributed by atoms with Crippen molar-refractivity contribution in [1.29, 1.82) is 0 Å². The summed E-state index contributed by atoms with van der Waals surface area (Å²) in [4.78, 5) is 21.1. The zero-order valence-electron chi connectivity index (χ0n) is 6.77. The highest BCUT2D eigenvalue weighted by molar-refractivity contribution is 5.85. The zero-order chi connectivity index (χ0) is 10.1. The first-order chi connectivity index (χ1) is 5.99. The van der Waals surface area contributed by atoms with Crippen molar-refractivity contribution in [3.05, 3.63) is 5.21 Å². The summed E-state index contributed by atoms with van der Waals surface area (Å²) in [6.45, 7) is 0. The van der Waals surface area contributed by atoms with Gasteiger partial charge >= 0.3 is 11.9 Å². The van der Waals surface area contributed by atoms with Crippen LogP contribution in [0.5, 0.6) is 0 Å². The molecular weight excluding hydrogens is 178 g/mol. The first-order valence-electron chi connectivity index (χ1n) is 3.74. The molecule has 1 rings (SSSR count). The van der Waals surface area contributed by atoms with Crippen LogP contribution in [0.4, 0.5) is 0 Å². The molecule has 1 unspecified atom stereocenters. The van der Waals surface area contributed by atoms with Gasteiger partial charge in [0.1, 0.15) is 6.42 Å². The molecule has 2 N–H and O–H groups in total. The minimum Gasteiger partial charge on any atom is -0.623 e. The summed E-state index contributed by atoms with van der Waals surface area (Å²) in [5, 5.41) is 28.3. The van der Waals surface area contributed by atoms with Gasteiger partial charge < -0.3 is 15.4 Å². The van der Waals surface area contributed by atoms with Crippen molar-refractivity contribution in [1.82, 2.24) is 0 Å². The molecule has 0 fully saturated rings. The number of hydrogen-bond acceptors (Lipinski definition) is 3. The number of nitrogens with zero attached hydrogens (tertiary/aromatic N) is 1. The van der Waals surface area contributed by atoms with E-state index < -0.39 is 23.9 Å². The fourth-order valence-corrected chi connectivity index (χ4v) is 1.40. The van der Waals surface area contributed by atoms with Crippen LogP contribution < -0.4 is 0 Å². The Hall–Kier alpha value is -1.59. The van der Waals surface area contributed by atoms with Crippen LogP contribution in [0.3, 0.4) is 0 Å². The van der Waals surface area contributed by atoms with E-state index in [0.29, 0.717) is 6.42 Å². The molecule has 0 saturated heterocycles. The Balaban J connectivity index is 2.95. The molecule has 0 radical (unpaired) electrons. The topological polar surface area (TPSA) is 101 Å². The molecule has 1 heterocycles. The molecule has 1 aliphatic heterocycles. The Morgan fingerprint density at radius 2 is 2.15 bits per heavy atom. The molecule has 0 amide bonds. The lowest BCUT2D eigenvalue weighted by atomic mass is 9.93. The van der Waals surface area contributed by atoms with E-state index in [4.69, 9.17) is 10.2 Å². The summed E-state index contributed by atoms with van der Waals surface area (Å²) >= 11 is 0. The van der Waals surface area contributed by atoms with Crippen molar-refractivity contribution in [3.8, 4) is 0 Å². The van der Waals surface area contributed by atoms with E-state index >= 15 is 0 Å². The van der Waals surface area contributed by atoms with Gasteiger partial charge in [0.2, 0.25) is 0 Å². The fraction of sp³-hybridized carbons (Fsp3) is 0.571. The molecule has 13 heavy (non-hydrogen) atoms. The number of hydroxylamine groups is 1. The van der Waals surface area contributed by atoms with E-state index in [1.807, 2.05) is 0 Å². The zero-order valence-corrected chi connectivity index (χ0v) is 6.77. The summed E-state index contributed by atoms with van der Waals surface area (Å²) in [6, 6.07) is 0. The molecule has 0 aliphatic carbocycles. The second kappa shape index (κ2) is 3.04. The lowest BCUT2D eigenvalue weighted by Gasteiger charge is -2.20. The minimum atomic E-state index is -1.79. The van der Waals surface area contributed by atoms with Crippen LogP contribution in [0.25, 0.3) is 0 Å². The number of carboxylic acid groups (broad SMARTS) is 2. The van der Waals surface area contributed by atoms with Gasteiger partial charge in [0.15, 0.2) is 6.21 Å². The first-order valence-corrected chi connectivity index (χ1v) is 3.74. The van der Waals surface area contributed by atoms with E-state index in [-0.39, 0.29) is 11.2 Å². The number of aliphatic carboxylic acids is 2. The average Bonchev–Trinajstić information content (AvgIpc) is 2.32. The second-order valence-electron chi connectivity index (χ2n) is 2.95.